The molecule has 0 saturated heterocycles. The number of esters is 2. The number of rotatable bonds is 5. The second-order valence-corrected chi connectivity index (χ2v) is 5.92. The number of anilines is 1. The zero-order chi connectivity index (χ0) is 18.7. The summed E-state index contributed by atoms with van der Waals surface area (Å²) in [6, 6.07) is 14.0. The van der Waals surface area contributed by atoms with Gasteiger partial charge in [0.1, 0.15) is 11.4 Å². The van der Waals surface area contributed by atoms with Crippen molar-refractivity contribution in [1.82, 2.24) is 0 Å². The summed E-state index contributed by atoms with van der Waals surface area (Å²) in [5, 5.41) is 2.79. The second-order valence-electron chi connectivity index (χ2n) is 5.54. The number of cyclic esters (lactones) is 1. The molecule has 0 fully saturated rings. The molecular formula is C19H16ClNO5. The van der Waals surface area contributed by atoms with E-state index in [1.807, 2.05) is 6.07 Å². The number of aryl methyl sites for hydroxylation is 1. The smallest absolute Gasteiger partial charge is 0.355 e. The van der Waals surface area contributed by atoms with Crippen molar-refractivity contribution in [3.05, 3.63) is 70.4 Å². The average Bonchev–Trinajstić information content (AvgIpc) is 2.89. The summed E-state index contributed by atoms with van der Waals surface area (Å²) < 4.78 is 15.6. The Morgan fingerprint density at radius 2 is 1.96 bits per heavy atom. The number of benzene rings is 2. The fraction of sp³-hybridized carbons (Fsp3) is 0.158. The average molecular weight is 374 g/mol. The zero-order valence-corrected chi connectivity index (χ0v) is 14.9. The maximum atomic E-state index is 12.4. The van der Waals surface area contributed by atoms with Crippen molar-refractivity contribution >= 4 is 29.2 Å². The molecule has 0 amide bonds. The van der Waals surface area contributed by atoms with E-state index in [0.29, 0.717) is 17.0 Å². The molecule has 7 heteroatoms. The van der Waals surface area contributed by atoms with E-state index in [4.69, 9.17) is 25.8 Å². The largest absolute Gasteiger partial charge is 0.497 e. The van der Waals surface area contributed by atoms with Crippen LogP contribution in [-0.4, -0.2) is 25.3 Å². The Balaban J connectivity index is 1.82. The van der Waals surface area contributed by atoms with Crippen molar-refractivity contribution in [2.75, 3.05) is 12.4 Å². The van der Waals surface area contributed by atoms with Gasteiger partial charge >= 0.3 is 11.9 Å². The first kappa shape index (κ1) is 17.8. The lowest BCUT2D eigenvalue weighted by molar-refractivity contribution is -0.152. The monoisotopic (exact) mass is 373 g/mol. The van der Waals surface area contributed by atoms with Crippen LogP contribution in [0.2, 0.25) is 0 Å². The predicted molar refractivity (Wildman–Crippen MR) is 96.0 cm³/mol. The highest BCUT2D eigenvalue weighted by molar-refractivity contribution is 6.42. The summed E-state index contributed by atoms with van der Waals surface area (Å²) in [7, 11) is 1.54. The molecule has 0 bridgehead atoms. The van der Waals surface area contributed by atoms with Crippen LogP contribution < -0.4 is 10.1 Å². The van der Waals surface area contributed by atoms with Gasteiger partial charge < -0.3 is 19.5 Å². The number of halogens is 1. The third kappa shape index (κ3) is 3.65. The topological polar surface area (TPSA) is 73.9 Å². The van der Waals surface area contributed by atoms with E-state index in [1.54, 1.807) is 56.5 Å². The Bertz CT molecular complexity index is 893. The molecule has 1 aliphatic heterocycles. The maximum absolute atomic E-state index is 12.4. The lowest BCUT2D eigenvalue weighted by Gasteiger charge is -2.17. The number of hydrogen-bond donors (Lipinski definition) is 1. The summed E-state index contributed by atoms with van der Waals surface area (Å²) in [6.45, 7) is 1.79. The fourth-order valence-corrected chi connectivity index (χ4v) is 2.62. The van der Waals surface area contributed by atoms with E-state index in [2.05, 4.69) is 5.32 Å². The molecule has 6 nitrogen and oxygen atoms in total. The van der Waals surface area contributed by atoms with E-state index >= 15 is 0 Å². The van der Waals surface area contributed by atoms with E-state index in [0.717, 1.165) is 5.56 Å². The molecule has 134 valence electrons. The first-order chi connectivity index (χ1) is 12.5. The van der Waals surface area contributed by atoms with Crippen LogP contribution in [0.4, 0.5) is 5.69 Å². The number of methoxy groups -OCH3 is 1. The lowest BCUT2D eigenvalue weighted by atomic mass is 10.1. The summed E-state index contributed by atoms with van der Waals surface area (Å²) in [4.78, 5) is 24.2. The molecule has 1 heterocycles. The molecule has 0 unspecified atom stereocenters. The van der Waals surface area contributed by atoms with Crippen molar-refractivity contribution in [2.45, 2.75) is 13.2 Å². The number of ether oxygens (including phenoxy) is 3. The number of carbonyl (C=O) groups is 2. The predicted octanol–water partition coefficient (Wildman–Crippen LogP) is 3.61. The second kappa shape index (κ2) is 7.49. The van der Waals surface area contributed by atoms with Crippen LogP contribution in [0.3, 0.4) is 0 Å². The molecule has 1 atom stereocenters. The van der Waals surface area contributed by atoms with Gasteiger partial charge in [-0.15, -0.1) is 0 Å². The van der Waals surface area contributed by atoms with Crippen LogP contribution in [0.1, 0.15) is 15.9 Å². The van der Waals surface area contributed by atoms with Gasteiger partial charge in [-0.05, 0) is 30.7 Å². The van der Waals surface area contributed by atoms with Gasteiger partial charge in [0.05, 0.1) is 12.7 Å². The molecule has 1 aliphatic rings. The quantitative estimate of drug-likeness (QED) is 0.807. The summed E-state index contributed by atoms with van der Waals surface area (Å²) in [5.74, 6) is -0.762. The van der Waals surface area contributed by atoms with Gasteiger partial charge in [0.2, 0.25) is 0 Å². The van der Waals surface area contributed by atoms with Crippen molar-refractivity contribution in [3.63, 3.8) is 0 Å². The minimum absolute atomic E-state index is 0.159. The highest BCUT2D eigenvalue weighted by Crippen LogP contribution is 2.29. The van der Waals surface area contributed by atoms with E-state index in [9.17, 15) is 9.59 Å². The van der Waals surface area contributed by atoms with Crippen molar-refractivity contribution in [2.24, 2.45) is 0 Å². The molecule has 26 heavy (non-hydrogen) atoms. The van der Waals surface area contributed by atoms with Crippen molar-refractivity contribution < 1.29 is 23.8 Å². The molecule has 0 spiro atoms. The highest BCUT2D eigenvalue weighted by atomic mass is 35.5. The molecule has 2 aromatic rings. The van der Waals surface area contributed by atoms with Gasteiger partial charge in [-0.25, -0.2) is 9.59 Å². The third-order valence-electron chi connectivity index (χ3n) is 3.79. The third-order valence-corrected chi connectivity index (χ3v) is 4.15. The van der Waals surface area contributed by atoms with Crippen LogP contribution in [0.15, 0.2) is 59.3 Å². The van der Waals surface area contributed by atoms with Crippen LogP contribution in [-0.2, 0) is 14.3 Å². The highest BCUT2D eigenvalue weighted by Gasteiger charge is 2.36. The standard InChI is InChI=1S/C19H16ClNO5/c1-11-6-3-4-9-14(11)17(22)25-19-16(15(20)18(23)26-19)21-12-7-5-8-13(10-12)24-2/h3-10,19,21H,1-2H3/t19-/m0/s1. The summed E-state index contributed by atoms with van der Waals surface area (Å²) in [6.07, 6.45) is -1.26. The molecule has 1 N–H and O–H groups in total. The van der Waals surface area contributed by atoms with E-state index in [1.165, 1.54) is 0 Å². The van der Waals surface area contributed by atoms with Crippen LogP contribution >= 0.6 is 11.6 Å². The Kier molecular flexibility index (Phi) is 5.14. The first-order valence-electron chi connectivity index (χ1n) is 7.78. The number of hydrogen-bond acceptors (Lipinski definition) is 6. The fourth-order valence-electron chi connectivity index (χ4n) is 2.44. The van der Waals surface area contributed by atoms with Crippen LogP contribution in [0.25, 0.3) is 0 Å². The normalized spacial score (nSPS) is 16.3. The molecule has 0 aliphatic carbocycles. The Hall–Kier alpha value is -2.99. The maximum Gasteiger partial charge on any atom is 0.355 e. The number of carbonyl (C=O) groups excluding carboxylic acids is 2. The molecule has 0 radical (unpaired) electrons. The zero-order valence-electron chi connectivity index (χ0n) is 14.1. The van der Waals surface area contributed by atoms with E-state index in [-0.39, 0.29) is 10.7 Å². The minimum atomic E-state index is -1.26. The van der Waals surface area contributed by atoms with Gasteiger partial charge in [0.15, 0.2) is 5.03 Å². The number of nitrogens with one attached hydrogen (secondary N) is 1. The summed E-state index contributed by atoms with van der Waals surface area (Å²) in [5.41, 5.74) is 1.89. The van der Waals surface area contributed by atoms with Crippen LogP contribution in [0.5, 0.6) is 5.75 Å². The van der Waals surface area contributed by atoms with Crippen LogP contribution in [0, 0.1) is 6.92 Å². The SMILES string of the molecule is COc1cccc(NC2=C(Cl)C(=O)O[C@@H]2OC(=O)c2ccccc2C)c1. The lowest BCUT2D eigenvalue weighted by Crippen LogP contribution is -2.24. The minimum Gasteiger partial charge on any atom is -0.497 e. The van der Waals surface area contributed by atoms with Gasteiger partial charge in [0.25, 0.3) is 6.29 Å². The van der Waals surface area contributed by atoms with Gasteiger partial charge in [-0.2, -0.15) is 0 Å². The van der Waals surface area contributed by atoms with Gasteiger partial charge in [-0.3, -0.25) is 0 Å². The molecule has 3 rings (SSSR count). The van der Waals surface area contributed by atoms with E-state index < -0.39 is 18.2 Å². The van der Waals surface area contributed by atoms with Gasteiger partial charge in [0, 0.05) is 11.8 Å². The molecule has 0 aromatic heterocycles. The molecule has 2 aromatic carbocycles. The molecule has 0 saturated carbocycles. The first-order valence-corrected chi connectivity index (χ1v) is 8.15. The Morgan fingerprint density at radius 1 is 1.19 bits per heavy atom. The van der Waals surface area contributed by atoms with Gasteiger partial charge in [-0.1, -0.05) is 35.9 Å². The van der Waals surface area contributed by atoms with Crippen molar-refractivity contribution in [1.29, 1.82) is 0 Å². The Morgan fingerprint density at radius 3 is 2.69 bits per heavy atom. The summed E-state index contributed by atoms with van der Waals surface area (Å²) >= 11 is 6.03. The molecular weight excluding hydrogens is 358 g/mol. The Labute approximate surface area is 155 Å². The van der Waals surface area contributed by atoms with Crippen molar-refractivity contribution in [3.8, 4) is 5.75 Å².